The number of aliphatic imine (C=N–C) groups is 1. The molecule has 1 N–H and O–H groups in total. The Hall–Kier alpha value is -1.39. The van der Waals surface area contributed by atoms with Gasteiger partial charge >= 0.3 is 0 Å². The Morgan fingerprint density at radius 3 is 2.82 bits per heavy atom. The molecule has 0 atom stereocenters. The predicted octanol–water partition coefficient (Wildman–Crippen LogP) is 4.03. The van der Waals surface area contributed by atoms with E-state index in [-0.39, 0.29) is 0 Å². The molecule has 0 unspecified atom stereocenters. The van der Waals surface area contributed by atoms with Gasteiger partial charge in [0.15, 0.2) is 0 Å². The maximum atomic E-state index is 13.6. The summed E-state index contributed by atoms with van der Waals surface area (Å²) in [5.41, 5.74) is 0.364. The van der Waals surface area contributed by atoms with Crippen molar-refractivity contribution >= 4 is 34.5 Å². The van der Waals surface area contributed by atoms with E-state index >= 15 is 0 Å². The third kappa shape index (κ3) is 2.84. The summed E-state index contributed by atoms with van der Waals surface area (Å²) in [6.07, 6.45) is 0. The molecule has 0 spiro atoms. The van der Waals surface area contributed by atoms with Crippen LogP contribution in [0.3, 0.4) is 0 Å². The fourth-order valence-electron chi connectivity index (χ4n) is 1.36. The van der Waals surface area contributed by atoms with Gasteiger partial charge in [-0.05, 0) is 29.6 Å². The number of halogens is 2. The molecule has 0 aliphatic heterocycles. The van der Waals surface area contributed by atoms with Crippen LogP contribution in [0.5, 0.6) is 0 Å². The van der Waals surface area contributed by atoms with E-state index in [1.54, 1.807) is 30.5 Å². The van der Waals surface area contributed by atoms with E-state index in [4.69, 9.17) is 11.6 Å². The van der Waals surface area contributed by atoms with Crippen molar-refractivity contribution in [1.82, 2.24) is 0 Å². The van der Waals surface area contributed by atoms with Crippen molar-refractivity contribution in [3.05, 3.63) is 51.4 Å². The first kappa shape index (κ1) is 12.1. The Bertz CT molecular complexity index is 537. The highest BCUT2D eigenvalue weighted by atomic mass is 35.5. The van der Waals surface area contributed by atoms with Gasteiger partial charge in [0, 0.05) is 12.1 Å². The van der Waals surface area contributed by atoms with E-state index in [1.807, 2.05) is 17.5 Å². The monoisotopic (exact) mass is 268 g/mol. The number of anilines is 1. The fourth-order valence-corrected chi connectivity index (χ4v) is 2.23. The minimum atomic E-state index is -0.393. The quantitative estimate of drug-likeness (QED) is 0.645. The number of nitrogens with zero attached hydrogens (tertiary/aromatic N) is 1. The predicted molar refractivity (Wildman–Crippen MR) is 71.8 cm³/mol. The first-order chi connectivity index (χ1) is 8.20. The lowest BCUT2D eigenvalue weighted by Gasteiger charge is -2.08. The summed E-state index contributed by atoms with van der Waals surface area (Å²) in [5.74, 6) is 0.247. The van der Waals surface area contributed by atoms with E-state index in [0.29, 0.717) is 16.5 Å². The lowest BCUT2D eigenvalue weighted by Crippen LogP contribution is -2.12. The maximum Gasteiger partial charge on any atom is 0.148 e. The van der Waals surface area contributed by atoms with Gasteiger partial charge in [0.05, 0.1) is 10.6 Å². The van der Waals surface area contributed by atoms with E-state index in [1.165, 1.54) is 6.07 Å². The summed E-state index contributed by atoms with van der Waals surface area (Å²) in [6.45, 7) is 0. The molecular weight excluding hydrogens is 259 g/mol. The van der Waals surface area contributed by atoms with Gasteiger partial charge in [-0.25, -0.2) is 4.39 Å². The van der Waals surface area contributed by atoms with E-state index in [0.717, 1.165) is 4.88 Å². The minimum absolute atomic E-state index is 0.364. The average Bonchev–Trinajstić information content (AvgIpc) is 2.81. The number of nitrogens with one attached hydrogen (secondary N) is 1. The number of benzene rings is 1. The fraction of sp³-hybridized carbons (Fsp3) is 0.0833. The zero-order chi connectivity index (χ0) is 12.3. The first-order valence-corrected chi connectivity index (χ1v) is 6.19. The molecule has 0 radical (unpaired) electrons. The number of hydrogen-bond acceptors (Lipinski definition) is 2. The zero-order valence-corrected chi connectivity index (χ0v) is 10.6. The Morgan fingerprint density at radius 2 is 2.24 bits per heavy atom. The SMILES string of the molecule is CN=C(Nc1ccc(Cl)cc1F)c1cccs1. The highest BCUT2D eigenvalue weighted by molar-refractivity contribution is 7.12. The second-order valence-electron chi connectivity index (χ2n) is 3.30. The Morgan fingerprint density at radius 1 is 1.41 bits per heavy atom. The normalized spacial score (nSPS) is 11.6. The molecule has 0 saturated heterocycles. The maximum absolute atomic E-state index is 13.6. The molecule has 1 aromatic carbocycles. The van der Waals surface area contributed by atoms with Crippen LogP contribution in [-0.2, 0) is 0 Å². The van der Waals surface area contributed by atoms with Gasteiger partial charge in [-0.1, -0.05) is 17.7 Å². The summed E-state index contributed by atoms with van der Waals surface area (Å²) in [5, 5.41) is 5.27. The zero-order valence-electron chi connectivity index (χ0n) is 9.08. The van der Waals surface area contributed by atoms with E-state index in [9.17, 15) is 4.39 Å². The topological polar surface area (TPSA) is 24.4 Å². The smallest absolute Gasteiger partial charge is 0.148 e. The number of hydrogen-bond donors (Lipinski definition) is 1. The molecule has 0 amide bonds. The average molecular weight is 269 g/mol. The molecule has 88 valence electrons. The van der Waals surface area contributed by atoms with Crippen LogP contribution < -0.4 is 5.32 Å². The third-order valence-corrected chi connectivity index (χ3v) is 3.27. The van der Waals surface area contributed by atoms with Crippen LogP contribution >= 0.6 is 22.9 Å². The second-order valence-corrected chi connectivity index (χ2v) is 4.68. The molecule has 0 aliphatic rings. The molecule has 5 heteroatoms. The molecular formula is C12H10ClFN2S. The van der Waals surface area contributed by atoms with Crippen LogP contribution in [0.25, 0.3) is 0 Å². The molecule has 1 heterocycles. The van der Waals surface area contributed by atoms with Crippen molar-refractivity contribution in [3.63, 3.8) is 0 Å². The van der Waals surface area contributed by atoms with Crippen molar-refractivity contribution in [2.24, 2.45) is 4.99 Å². The van der Waals surface area contributed by atoms with Gasteiger partial charge in [-0.2, -0.15) is 0 Å². The van der Waals surface area contributed by atoms with Crippen molar-refractivity contribution in [2.45, 2.75) is 0 Å². The molecule has 0 bridgehead atoms. The van der Waals surface area contributed by atoms with Crippen LogP contribution in [0.1, 0.15) is 4.88 Å². The molecule has 0 saturated carbocycles. The van der Waals surface area contributed by atoms with Crippen LogP contribution in [0.15, 0.2) is 40.7 Å². The molecule has 17 heavy (non-hydrogen) atoms. The molecule has 1 aromatic heterocycles. The summed E-state index contributed by atoms with van der Waals surface area (Å²) in [7, 11) is 1.66. The van der Waals surface area contributed by atoms with Gasteiger partial charge in [0.1, 0.15) is 11.7 Å². The summed E-state index contributed by atoms with van der Waals surface area (Å²) < 4.78 is 13.6. The summed E-state index contributed by atoms with van der Waals surface area (Å²) in [4.78, 5) is 5.07. The van der Waals surface area contributed by atoms with Crippen molar-refractivity contribution in [3.8, 4) is 0 Å². The largest absolute Gasteiger partial charge is 0.337 e. The standard InChI is InChI=1S/C12H10ClFN2S/c1-15-12(11-3-2-6-17-11)16-10-5-4-8(13)7-9(10)14/h2-7H,1H3,(H,15,16). The number of thiophene rings is 1. The van der Waals surface area contributed by atoms with Crippen molar-refractivity contribution < 1.29 is 4.39 Å². The summed E-state index contributed by atoms with van der Waals surface area (Å²) >= 11 is 7.23. The number of amidine groups is 1. The molecule has 2 rings (SSSR count). The van der Waals surface area contributed by atoms with Gasteiger partial charge in [0.25, 0.3) is 0 Å². The van der Waals surface area contributed by atoms with Gasteiger partial charge in [-0.15, -0.1) is 11.3 Å². The Balaban J connectivity index is 2.25. The van der Waals surface area contributed by atoms with Gasteiger partial charge < -0.3 is 5.32 Å². The van der Waals surface area contributed by atoms with E-state index in [2.05, 4.69) is 10.3 Å². The van der Waals surface area contributed by atoms with Crippen LogP contribution in [0.2, 0.25) is 5.02 Å². The van der Waals surface area contributed by atoms with Crippen LogP contribution in [0, 0.1) is 5.82 Å². The lowest BCUT2D eigenvalue weighted by atomic mass is 10.3. The second kappa shape index (κ2) is 5.29. The van der Waals surface area contributed by atoms with Gasteiger partial charge in [-0.3, -0.25) is 4.99 Å². The first-order valence-electron chi connectivity index (χ1n) is 4.93. The Labute approximate surface area is 108 Å². The minimum Gasteiger partial charge on any atom is -0.337 e. The Kier molecular flexibility index (Phi) is 3.76. The summed E-state index contributed by atoms with van der Waals surface area (Å²) in [6, 6.07) is 8.34. The third-order valence-electron chi connectivity index (χ3n) is 2.16. The number of rotatable bonds is 2. The lowest BCUT2D eigenvalue weighted by molar-refractivity contribution is 0.632. The van der Waals surface area contributed by atoms with Crippen LogP contribution in [-0.4, -0.2) is 12.9 Å². The van der Waals surface area contributed by atoms with Crippen LogP contribution in [0.4, 0.5) is 10.1 Å². The van der Waals surface area contributed by atoms with Crippen molar-refractivity contribution in [2.75, 3.05) is 12.4 Å². The molecule has 2 nitrogen and oxygen atoms in total. The highest BCUT2D eigenvalue weighted by Gasteiger charge is 2.08. The van der Waals surface area contributed by atoms with Gasteiger partial charge in [0.2, 0.25) is 0 Å². The molecule has 2 aromatic rings. The van der Waals surface area contributed by atoms with Crippen molar-refractivity contribution in [1.29, 1.82) is 0 Å². The van der Waals surface area contributed by atoms with E-state index < -0.39 is 5.82 Å². The highest BCUT2D eigenvalue weighted by Crippen LogP contribution is 2.20. The molecule has 0 aliphatic carbocycles. The molecule has 0 fully saturated rings.